The van der Waals surface area contributed by atoms with Gasteiger partial charge in [0.15, 0.2) is 0 Å². The number of anilines is 1. The van der Waals surface area contributed by atoms with Gasteiger partial charge >= 0.3 is 0 Å². The number of carbonyl (C=O) groups is 1. The summed E-state index contributed by atoms with van der Waals surface area (Å²) >= 11 is 6.21. The molecule has 2 fully saturated rings. The molecule has 1 aromatic rings. The van der Waals surface area contributed by atoms with E-state index in [-0.39, 0.29) is 17.2 Å². The van der Waals surface area contributed by atoms with Gasteiger partial charge in [-0.15, -0.1) is 0 Å². The number of halogens is 1. The number of sulfonamides is 1. The molecule has 0 spiro atoms. The number of piperazine rings is 1. The van der Waals surface area contributed by atoms with Crippen molar-refractivity contribution in [2.45, 2.75) is 31.7 Å². The summed E-state index contributed by atoms with van der Waals surface area (Å²) < 4.78 is 26.5. The normalized spacial score (nSPS) is 21.1. The zero-order valence-corrected chi connectivity index (χ0v) is 20.0. The number of hydrogen-bond donors (Lipinski definition) is 2. The van der Waals surface area contributed by atoms with Crippen LogP contribution in [0.1, 0.15) is 36.5 Å². The van der Waals surface area contributed by atoms with Crippen LogP contribution in [-0.4, -0.2) is 92.6 Å². The predicted octanol–water partition coefficient (Wildman–Crippen LogP) is 1.47. The number of nitrogens with one attached hydrogen (secondary N) is 1. The molecule has 2 heterocycles. The van der Waals surface area contributed by atoms with Gasteiger partial charge in [-0.05, 0) is 51.5 Å². The Bertz CT molecular complexity index is 859. The van der Waals surface area contributed by atoms with Gasteiger partial charge in [-0.3, -0.25) is 9.69 Å². The van der Waals surface area contributed by atoms with E-state index in [4.69, 9.17) is 17.3 Å². The lowest BCUT2D eigenvalue weighted by atomic mass is 9.84. The summed E-state index contributed by atoms with van der Waals surface area (Å²) in [5, 5.41) is 3.41. The fourth-order valence-corrected chi connectivity index (χ4v) is 6.34. The third-order valence-corrected chi connectivity index (χ3v) is 8.92. The highest BCUT2D eigenvalue weighted by Gasteiger charge is 2.42. The molecule has 8 nitrogen and oxygen atoms in total. The maximum absolute atomic E-state index is 12.9. The number of benzene rings is 1. The molecule has 0 unspecified atom stereocenters. The van der Waals surface area contributed by atoms with E-state index in [1.54, 1.807) is 22.5 Å². The average Bonchev–Trinajstić information content (AvgIpc) is 2.74. The summed E-state index contributed by atoms with van der Waals surface area (Å²) in [6.45, 7) is 6.53. The van der Waals surface area contributed by atoms with Crippen LogP contribution in [0.3, 0.4) is 0 Å². The molecule has 2 aliphatic rings. The molecule has 2 aliphatic heterocycles. The van der Waals surface area contributed by atoms with Crippen LogP contribution in [0.25, 0.3) is 0 Å². The van der Waals surface area contributed by atoms with Gasteiger partial charge in [-0.2, -0.15) is 4.31 Å². The number of nitrogens with zero attached hydrogens (tertiary/aromatic N) is 3. The molecule has 0 aliphatic carbocycles. The van der Waals surface area contributed by atoms with Crippen LogP contribution >= 0.6 is 11.6 Å². The standard InChI is InChI=1S/C21H34ClN5O3S/c1-3-15-31(29,30)27-13-11-26(12-14-27)21(7-9-25(2)10-8-21)16-24-20(28)19-17(22)5-4-6-18(19)23/h4-6H,3,7-16,23H2,1-2H3,(H,24,28). The maximum Gasteiger partial charge on any atom is 0.254 e. The predicted molar refractivity (Wildman–Crippen MR) is 125 cm³/mol. The van der Waals surface area contributed by atoms with Crippen molar-refractivity contribution in [2.75, 3.05) is 64.3 Å². The fourth-order valence-electron chi connectivity index (χ4n) is 4.58. The zero-order chi connectivity index (χ0) is 22.6. The molecule has 0 atom stereocenters. The van der Waals surface area contributed by atoms with Gasteiger partial charge in [0.05, 0.1) is 16.3 Å². The van der Waals surface area contributed by atoms with Crippen molar-refractivity contribution in [1.82, 2.24) is 19.4 Å². The molecule has 0 bridgehead atoms. The van der Waals surface area contributed by atoms with Gasteiger partial charge in [0.1, 0.15) is 0 Å². The number of piperidine rings is 1. The minimum atomic E-state index is -3.19. The number of hydrogen-bond acceptors (Lipinski definition) is 6. The topological polar surface area (TPSA) is 99.0 Å². The molecule has 10 heteroatoms. The van der Waals surface area contributed by atoms with Gasteiger partial charge < -0.3 is 16.0 Å². The summed E-state index contributed by atoms with van der Waals surface area (Å²) in [5.41, 5.74) is 6.44. The second kappa shape index (κ2) is 10.0. The van der Waals surface area contributed by atoms with Crippen LogP contribution in [0, 0.1) is 0 Å². The Morgan fingerprint density at radius 2 is 1.81 bits per heavy atom. The Hall–Kier alpha value is -1.39. The van der Waals surface area contributed by atoms with E-state index >= 15 is 0 Å². The van der Waals surface area contributed by atoms with E-state index in [1.165, 1.54) is 0 Å². The first-order valence-corrected chi connectivity index (χ1v) is 12.9. The monoisotopic (exact) mass is 471 g/mol. The van der Waals surface area contributed by atoms with Gasteiger partial charge in [-0.1, -0.05) is 24.6 Å². The minimum absolute atomic E-state index is 0.193. The molecule has 1 amide bonds. The van der Waals surface area contributed by atoms with Crippen molar-refractivity contribution >= 4 is 33.2 Å². The Morgan fingerprint density at radius 1 is 1.16 bits per heavy atom. The van der Waals surface area contributed by atoms with Crippen molar-refractivity contribution in [3.8, 4) is 0 Å². The Morgan fingerprint density at radius 3 is 2.39 bits per heavy atom. The summed E-state index contributed by atoms with van der Waals surface area (Å²) in [5.74, 6) is -0.0799. The second-order valence-electron chi connectivity index (χ2n) is 8.62. The molecule has 0 saturated carbocycles. The van der Waals surface area contributed by atoms with Crippen molar-refractivity contribution < 1.29 is 13.2 Å². The first kappa shape index (κ1) is 24.3. The highest BCUT2D eigenvalue weighted by atomic mass is 35.5. The maximum atomic E-state index is 12.9. The fraction of sp³-hybridized carbons (Fsp3) is 0.667. The van der Waals surface area contributed by atoms with E-state index in [1.807, 2.05) is 6.92 Å². The molecular formula is C21H34ClN5O3S. The Balaban J connectivity index is 1.71. The van der Waals surface area contributed by atoms with Crippen molar-refractivity contribution in [3.05, 3.63) is 28.8 Å². The van der Waals surface area contributed by atoms with Gasteiger partial charge in [0, 0.05) is 44.0 Å². The van der Waals surface area contributed by atoms with Crippen molar-refractivity contribution in [3.63, 3.8) is 0 Å². The number of likely N-dealkylation sites (tertiary alicyclic amines) is 1. The number of nitrogens with two attached hydrogens (primary N) is 1. The third-order valence-electron chi connectivity index (χ3n) is 6.53. The molecule has 174 valence electrons. The van der Waals surface area contributed by atoms with Crippen LogP contribution < -0.4 is 11.1 Å². The molecule has 1 aromatic carbocycles. The number of amides is 1. The SMILES string of the molecule is CCCS(=O)(=O)N1CCN(C2(CNC(=O)c3c(N)cccc3Cl)CCN(C)CC2)CC1. The molecule has 3 N–H and O–H groups in total. The first-order valence-electron chi connectivity index (χ1n) is 10.9. The van der Waals surface area contributed by atoms with E-state index in [0.29, 0.717) is 55.4 Å². The Kier molecular flexibility index (Phi) is 7.86. The number of nitrogen functional groups attached to an aromatic ring is 1. The second-order valence-corrected chi connectivity index (χ2v) is 11.1. The van der Waals surface area contributed by atoms with E-state index in [0.717, 1.165) is 25.9 Å². The first-order chi connectivity index (χ1) is 14.7. The summed E-state index contributed by atoms with van der Waals surface area (Å²) in [6.07, 6.45) is 2.43. The Labute approximate surface area is 190 Å². The summed E-state index contributed by atoms with van der Waals surface area (Å²) in [7, 11) is -1.09. The van der Waals surface area contributed by atoms with E-state index in [2.05, 4.69) is 22.2 Å². The van der Waals surface area contributed by atoms with Gasteiger partial charge in [0.2, 0.25) is 10.0 Å². The lowest BCUT2D eigenvalue weighted by molar-refractivity contribution is 0.00752. The molecule has 2 saturated heterocycles. The van der Waals surface area contributed by atoms with Crippen LogP contribution in [0.5, 0.6) is 0 Å². The van der Waals surface area contributed by atoms with Crippen LogP contribution in [0.15, 0.2) is 18.2 Å². The molecule has 0 radical (unpaired) electrons. The molecule has 3 rings (SSSR count). The average molecular weight is 472 g/mol. The van der Waals surface area contributed by atoms with Gasteiger partial charge in [0.25, 0.3) is 5.91 Å². The van der Waals surface area contributed by atoms with E-state index in [9.17, 15) is 13.2 Å². The smallest absolute Gasteiger partial charge is 0.254 e. The van der Waals surface area contributed by atoms with Gasteiger partial charge in [-0.25, -0.2) is 8.42 Å². The minimum Gasteiger partial charge on any atom is -0.398 e. The van der Waals surface area contributed by atoms with Crippen LogP contribution in [-0.2, 0) is 10.0 Å². The van der Waals surface area contributed by atoms with Crippen LogP contribution in [0.2, 0.25) is 5.02 Å². The molecule has 0 aromatic heterocycles. The quantitative estimate of drug-likeness (QED) is 0.584. The lowest BCUT2D eigenvalue weighted by Gasteiger charge is -2.51. The van der Waals surface area contributed by atoms with Crippen molar-refractivity contribution in [2.24, 2.45) is 0 Å². The summed E-state index contributed by atoms with van der Waals surface area (Å²) in [6, 6.07) is 5.05. The molecular weight excluding hydrogens is 438 g/mol. The zero-order valence-electron chi connectivity index (χ0n) is 18.4. The lowest BCUT2D eigenvalue weighted by Crippen LogP contribution is -2.64. The largest absolute Gasteiger partial charge is 0.398 e. The third kappa shape index (κ3) is 5.51. The number of rotatable bonds is 7. The van der Waals surface area contributed by atoms with Crippen LogP contribution in [0.4, 0.5) is 5.69 Å². The highest BCUT2D eigenvalue weighted by Crippen LogP contribution is 2.30. The molecule has 31 heavy (non-hydrogen) atoms. The van der Waals surface area contributed by atoms with Crippen molar-refractivity contribution in [1.29, 1.82) is 0 Å². The van der Waals surface area contributed by atoms with E-state index < -0.39 is 10.0 Å². The summed E-state index contributed by atoms with van der Waals surface area (Å²) in [4.78, 5) is 17.5. The highest BCUT2D eigenvalue weighted by molar-refractivity contribution is 7.89. The number of carbonyl (C=O) groups excluding carboxylic acids is 1.